The summed E-state index contributed by atoms with van der Waals surface area (Å²) in [5, 5.41) is 2.97. The molecule has 132 valence electrons. The Morgan fingerprint density at radius 3 is 2.75 bits per heavy atom. The smallest absolute Gasteiger partial charge is 0.224 e. The molecule has 0 aromatic heterocycles. The predicted octanol–water partition coefficient (Wildman–Crippen LogP) is 2.53. The number of rotatable bonds is 7. The third-order valence-corrected chi connectivity index (χ3v) is 4.36. The molecular weight excluding hydrogens is 304 g/mol. The first kappa shape index (κ1) is 18.3. The summed E-state index contributed by atoms with van der Waals surface area (Å²) in [5.74, 6) is 0.970. The number of hydrogen-bond donors (Lipinski definition) is 1. The van der Waals surface area contributed by atoms with E-state index >= 15 is 0 Å². The van der Waals surface area contributed by atoms with Crippen LogP contribution in [0.2, 0.25) is 0 Å². The van der Waals surface area contributed by atoms with E-state index < -0.39 is 0 Å². The van der Waals surface area contributed by atoms with Gasteiger partial charge in [0.2, 0.25) is 11.8 Å². The van der Waals surface area contributed by atoms with Gasteiger partial charge in [-0.15, -0.1) is 0 Å². The summed E-state index contributed by atoms with van der Waals surface area (Å²) in [7, 11) is 0. The number of carbonyl (C=O) groups excluding carboxylic acids is 2. The summed E-state index contributed by atoms with van der Waals surface area (Å²) < 4.78 is 5.65. The molecule has 1 aromatic carbocycles. The monoisotopic (exact) mass is 332 g/mol. The topological polar surface area (TPSA) is 58.6 Å². The number of aryl methyl sites for hydroxylation is 1. The molecule has 24 heavy (non-hydrogen) atoms. The first-order chi connectivity index (χ1) is 11.6. The lowest BCUT2D eigenvalue weighted by Gasteiger charge is -2.31. The van der Waals surface area contributed by atoms with E-state index in [0.29, 0.717) is 26.1 Å². The van der Waals surface area contributed by atoms with Gasteiger partial charge in [-0.3, -0.25) is 9.59 Å². The molecule has 1 unspecified atom stereocenters. The molecule has 1 N–H and O–H groups in total. The van der Waals surface area contributed by atoms with Crippen LogP contribution in [0, 0.1) is 12.8 Å². The van der Waals surface area contributed by atoms with Crippen molar-refractivity contribution >= 4 is 11.8 Å². The quantitative estimate of drug-likeness (QED) is 0.781. The van der Waals surface area contributed by atoms with Crippen molar-refractivity contribution in [3.8, 4) is 5.75 Å². The number of amides is 2. The Hall–Kier alpha value is -2.04. The van der Waals surface area contributed by atoms with E-state index in [1.54, 1.807) is 0 Å². The third kappa shape index (κ3) is 5.55. The van der Waals surface area contributed by atoms with Gasteiger partial charge in [0.15, 0.2) is 0 Å². The number of benzene rings is 1. The fraction of sp³-hybridized carbons (Fsp3) is 0.579. The Balaban J connectivity index is 1.64. The van der Waals surface area contributed by atoms with Crippen LogP contribution < -0.4 is 10.1 Å². The molecule has 1 atom stereocenters. The summed E-state index contributed by atoms with van der Waals surface area (Å²) in [5.41, 5.74) is 1.21. The Bertz CT molecular complexity index is 542. The van der Waals surface area contributed by atoms with Gasteiger partial charge in [0.05, 0.1) is 12.5 Å². The van der Waals surface area contributed by atoms with E-state index in [4.69, 9.17) is 4.74 Å². The van der Waals surface area contributed by atoms with E-state index in [-0.39, 0.29) is 17.7 Å². The van der Waals surface area contributed by atoms with Gasteiger partial charge < -0.3 is 15.0 Å². The van der Waals surface area contributed by atoms with Crippen LogP contribution in [0.5, 0.6) is 5.75 Å². The maximum atomic E-state index is 12.2. The van der Waals surface area contributed by atoms with Crippen LogP contribution in [0.3, 0.4) is 0 Å². The number of carbonyl (C=O) groups is 2. The molecule has 0 saturated carbocycles. The van der Waals surface area contributed by atoms with Gasteiger partial charge in [0.25, 0.3) is 0 Å². The summed E-state index contributed by atoms with van der Waals surface area (Å²) in [6, 6.07) is 7.94. The molecule has 0 radical (unpaired) electrons. The minimum absolute atomic E-state index is 0.0546. The largest absolute Gasteiger partial charge is 0.494 e. The van der Waals surface area contributed by atoms with E-state index in [2.05, 4.69) is 5.32 Å². The van der Waals surface area contributed by atoms with Gasteiger partial charge in [-0.1, -0.05) is 24.6 Å². The molecule has 5 nitrogen and oxygen atoms in total. The number of ether oxygens (including phenoxy) is 1. The molecule has 1 aliphatic rings. The lowest BCUT2D eigenvalue weighted by molar-refractivity contribution is -0.135. The first-order valence-electron chi connectivity index (χ1n) is 8.85. The molecule has 1 saturated heterocycles. The lowest BCUT2D eigenvalue weighted by atomic mass is 9.97. The molecule has 0 bridgehead atoms. The number of hydrogen-bond acceptors (Lipinski definition) is 3. The van der Waals surface area contributed by atoms with Crippen LogP contribution >= 0.6 is 0 Å². The van der Waals surface area contributed by atoms with E-state index in [0.717, 1.165) is 31.6 Å². The molecular formula is C19H28N2O3. The van der Waals surface area contributed by atoms with Gasteiger partial charge in [-0.25, -0.2) is 0 Å². The zero-order valence-electron chi connectivity index (χ0n) is 14.7. The summed E-state index contributed by atoms with van der Waals surface area (Å²) in [4.78, 5) is 25.8. The van der Waals surface area contributed by atoms with Crippen molar-refractivity contribution in [1.29, 1.82) is 0 Å². The maximum Gasteiger partial charge on any atom is 0.224 e. The molecule has 0 spiro atoms. The SMILES string of the molecule is CCC(=O)N1CCCC(C(=O)NCCCOc2ccc(C)cc2)C1. The van der Waals surface area contributed by atoms with Gasteiger partial charge in [0.1, 0.15) is 5.75 Å². The normalized spacial score (nSPS) is 17.4. The van der Waals surface area contributed by atoms with Gasteiger partial charge in [-0.2, -0.15) is 0 Å². The van der Waals surface area contributed by atoms with Crippen molar-refractivity contribution in [2.45, 2.75) is 39.5 Å². The standard InChI is InChI=1S/C19H28N2O3/c1-3-18(22)21-12-4-6-16(14-21)19(23)20-11-5-13-24-17-9-7-15(2)8-10-17/h7-10,16H,3-6,11-14H2,1-2H3,(H,20,23). The van der Waals surface area contributed by atoms with Crippen LogP contribution in [0.25, 0.3) is 0 Å². The molecule has 1 fully saturated rings. The summed E-state index contributed by atoms with van der Waals surface area (Å²) in [6.45, 7) is 6.41. The van der Waals surface area contributed by atoms with E-state index in [1.807, 2.05) is 43.0 Å². The van der Waals surface area contributed by atoms with Crippen LogP contribution in [0.15, 0.2) is 24.3 Å². The third-order valence-electron chi connectivity index (χ3n) is 4.36. The second-order valence-corrected chi connectivity index (χ2v) is 6.34. The average molecular weight is 332 g/mol. The number of likely N-dealkylation sites (tertiary alicyclic amines) is 1. The van der Waals surface area contributed by atoms with Crippen LogP contribution in [-0.2, 0) is 9.59 Å². The summed E-state index contributed by atoms with van der Waals surface area (Å²) in [6.07, 6.45) is 3.04. The van der Waals surface area contributed by atoms with Crippen LogP contribution in [0.4, 0.5) is 0 Å². The second-order valence-electron chi connectivity index (χ2n) is 6.34. The average Bonchev–Trinajstić information content (AvgIpc) is 2.62. The number of nitrogens with zero attached hydrogens (tertiary/aromatic N) is 1. The fourth-order valence-corrected chi connectivity index (χ4v) is 2.89. The summed E-state index contributed by atoms with van der Waals surface area (Å²) >= 11 is 0. The molecule has 0 aliphatic carbocycles. The molecule has 5 heteroatoms. The van der Waals surface area contributed by atoms with E-state index in [9.17, 15) is 9.59 Å². The zero-order chi connectivity index (χ0) is 17.4. The highest BCUT2D eigenvalue weighted by Crippen LogP contribution is 2.17. The van der Waals surface area contributed by atoms with Gasteiger partial charge in [-0.05, 0) is 38.3 Å². The molecule has 2 amide bonds. The Morgan fingerprint density at radius 2 is 2.04 bits per heavy atom. The van der Waals surface area contributed by atoms with Gasteiger partial charge in [0, 0.05) is 26.1 Å². The molecule has 1 aromatic rings. The van der Waals surface area contributed by atoms with Crippen molar-refractivity contribution in [2.75, 3.05) is 26.2 Å². The van der Waals surface area contributed by atoms with Crippen LogP contribution in [-0.4, -0.2) is 43.0 Å². The van der Waals surface area contributed by atoms with Crippen LogP contribution in [0.1, 0.15) is 38.2 Å². The highest BCUT2D eigenvalue weighted by molar-refractivity contribution is 5.81. The number of nitrogens with one attached hydrogen (secondary N) is 1. The zero-order valence-corrected chi connectivity index (χ0v) is 14.7. The van der Waals surface area contributed by atoms with Gasteiger partial charge >= 0.3 is 0 Å². The minimum Gasteiger partial charge on any atom is -0.494 e. The fourth-order valence-electron chi connectivity index (χ4n) is 2.89. The minimum atomic E-state index is -0.0766. The Morgan fingerprint density at radius 1 is 1.29 bits per heavy atom. The molecule has 2 rings (SSSR count). The molecule has 1 heterocycles. The molecule has 1 aliphatic heterocycles. The Kier molecular flexibility index (Phi) is 7.09. The van der Waals surface area contributed by atoms with Crippen molar-refractivity contribution in [3.05, 3.63) is 29.8 Å². The number of piperidine rings is 1. The predicted molar refractivity (Wildman–Crippen MR) is 93.9 cm³/mol. The highest BCUT2D eigenvalue weighted by Gasteiger charge is 2.27. The van der Waals surface area contributed by atoms with Crippen molar-refractivity contribution in [2.24, 2.45) is 5.92 Å². The lowest BCUT2D eigenvalue weighted by Crippen LogP contribution is -2.45. The van der Waals surface area contributed by atoms with Crippen molar-refractivity contribution in [3.63, 3.8) is 0 Å². The van der Waals surface area contributed by atoms with E-state index in [1.165, 1.54) is 5.56 Å². The second kappa shape index (κ2) is 9.30. The highest BCUT2D eigenvalue weighted by atomic mass is 16.5. The van der Waals surface area contributed by atoms with Crippen molar-refractivity contribution < 1.29 is 14.3 Å². The Labute approximate surface area is 144 Å². The maximum absolute atomic E-state index is 12.2. The van der Waals surface area contributed by atoms with Crippen molar-refractivity contribution in [1.82, 2.24) is 10.2 Å². The first-order valence-corrected chi connectivity index (χ1v) is 8.85.